The van der Waals surface area contributed by atoms with Crippen molar-refractivity contribution in [2.75, 3.05) is 68.2 Å². The lowest BCUT2D eigenvalue weighted by Gasteiger charge is -2.36. The topological polar surface area (TPSA) is 265 Å². The number of methoxy groups -OCH3 is 2. The van der Waals surface area contributed by atoms with Crippen LogP contribution in [-0.4, -0.2) is 169 Å². The Hall–Kier alpha value is -9.53. The van der Waals surface area contributed by atoms with Gasteiger partial charge in [-0.05, 0) is 123 Å². The number of phenols is 2. The molecule has 7 rings (SSSR count). The molecule has 0 saturated carbocycles. The van der Waals surface area contributed by atoms with Gasteiger partial charge in [0.25, 0.3) is 11.8 Å². The quantitative estimate of drug-likeness (QED) is 0.0915. The monoisotopic (exact) mass is 1240 g/mol. The number of piperidine rings is 1. The molecule has 0 spiro atoms. The van der Waals surface area contributed by atoms with Crippen LogP contribution in [0.3, 0.4) is 0 Å². The first kappa shape index (κ1) is 68.0. The zero-order valence-electron chi connectivity index (χ0n) is 52.1. The molecular formula is C69H81N5O16. The molecule has 0 radical (unpaired) electrons. The van der Waals surface area contributed by atoms with Crippen molar-refractivity contribution in [1.82, 2.24) is 24.9 Å². The van der Waals surface area contributed by atoms with Gasteiger partial charge in [0.15, 0.2) is 23.9 Å². The Morgan fingerprint density at radius 1 is 0.689 bits per heavy atom. The van der Waals surface area contributed by atoms with Crippen LogP contribution in [-0.2, 0) is 78.3 Å². The van der Waals surface area contributed by atoms with E-state index in [4.69, 9.17) is 23.7 Å². The van der Waals surface area contributed by atoms with Crippen molar-refractivity contribution < 1.29 is 77.0 Å². The number of carbonyl (C=O) groups excluding carboxylic acids is 9. The number of hydrogen-bond acceptors (Lipinski definition) is 16. The third-order valence-electron chi connectivity index (χ3n) is 16.2. The van der Waals surface area contributed by atoms with Crippen molar-refractivity contribution in [2.45, 2.75) is 102 Å². The molecule has 0 aliphatic carbocycles. The molecule has 5 amide bonds. The molecule has 2 aliphatic rings. The zero-order chi connectivity index (χ0) is 65.1. The second-order valence-electron chi connectivity index (χ2n) is 23.4. The van der Waals surface area contributed by atoms with Gasteiger partial charge in [0.1, 0.15) is 42.0 Å². The van der Waals surface area contributed by atoms with E-state index >= 15 is 0 Å². The predicted octanol–water partition coefficient (Wildman–Crippen LogP) is 6.72. The molecule has 0 unspecified atom stereocenters. The van der Waals surface area contributed by atoms with Crippen LogP contribution in [0.15, 0.2) is 133 Å². The molecule has 2 bridgehead atoms. The second-order valence-corrected chi connectivity index (χ2v) is 23.4. The van der Waals surface area contributed by atoms with Crippen LogP contribution in [0.25, 0.3) is 0 Å². The number of ketones is 2. The molecule has 90 heavy (non-hydrogen) atoms. The van der Waals surface area contributed by atoms with Crippen molar-refractivity contribution in [3.8, 4) is 28.7 Å². The minimum atomic E-state index is -1.54. The number of nitrogens with zero attached hydrogens (tertiary/aromatic N) is 4. The number of rotatable bonds is 11. The Balaban J connectivity index is 1.22. The Morgan fingerprint density at radius 2 is 1.34 bits per heavy atom. The van der Waals surface area contributed by atoms with Crippen LogP contribution >= 0.6 is 0 Å². The van der Waals surface area contributed by atoms with Crippen molar-refractivity contribution in [3.63, 3.8) is 0 Å². The number of fused-ring (bicyclic) bond motifs is 3. The van der Waals surface area contributed by atoms with Gasteiger partial charge in [0, 0.05) is 65.1 Å². The third kappa shape index (κ3) is 18.8. The number of amides is 5. The standard InChI is InChI=1S/C69H81N5O16/c1-69(2)44-89-63(80)26-15-16-33-71(3)66(83)53(36-46-21-12-9-13-22-46)70-61(78)42-72(4)65(82)50(35-45-19-10-8-11-20-45)39-57(77)55(37-47-27-30-51(75)31-28-47)73(5)62(79)43-88-52-24-18-23-49(38-52)58(32-29-48-40-59(86-6)60(87-7)41-56(48)76)90-68(85)54-25-14-17-34-74(54)67(84)64(69)81/h8-13,15,18-24,26-28,30-31,38,40-41,50,53-55,58,75-76H,14,16-17,25,29,32-37,39,42-44H2,1-7H3,(H,70,78)/t50-,53+,54-,55-,58+/m0/s1. The summed E-state index contributed by atoms with van der Waals surface area (Å²) in [5.74, 6) is -6.61. The highest BCUT2D eigenvalue weighted by Crippen LogP contribution is 2.37. The summed E-state index contributed by atoms with van der Waals surface area (Å²) in [4.78, 5) is 133. The van der Waals surface area contributed by atoms with E-state index in [1.165, 1.54) is 86.0 Å². The fourth-order valence-corrected chi connectivity index (χ4v) is 10.9. The minimum absolute atomic E-state index is 0.0172. The number of hydrogen-bond donors (Lipinski definition) is 3. The number of esters is 2. The highest BCUT2D eigenvalue weighted by molar-refractivity contribution is 6.38. The zero-order valence-corrected chi connectivity index (χ0v) is 52.1. The summed E-state index contributed by atoms with van der Waals surface area (Å²) in [5.41, 5.74) is 1.37. The molecule has 5 aromatic rings. The molecule has 0 aromatic heterocycles. The van der Waals surface area contributed by atoms with Crippen LogP contribution < -0.4 is 19.5 Å². The summed E-state index contributed by atoms with van der Waals surface area (Å²) in [6.45, 7) is 1.51. The fourth-order valence-electron chi connectivity index (χ4n) is 10.9. The molecule has 1 fully saturated rings. The number of ether oxygens (including phenoxy) is 5. The third-order valence-corrected chi connectivity index (χ3v) is 16.2. The summed E-state index contributed by atoms with van der Waals surface area (Å²) >= 11 is 0. The smallest absolute Gasteiger partial charge is 0.330 e. The Morgan fingerprint density at radius 3 is 2.02 bits per heavy atom. The summed E-state index contributed by atoms with van der Waals surface area (Å²) in [6.07, 6.45) is 2.92. The molecule has 2 heterocycles. The highest BCUT2D eigenvalue weighted by Gasteiger charge is 2.43. The van der Waals surface area contributed by atoms with Gasteiger partial charge in [0.05, 0.1) is 32.2 Å². The first-order chi connectivity index (χ1) is 43.0. The van der Waals surface area contributed by atoms with E-state index in [0.717, 1.165) is 17.2 Å². The molecule has 21 nitrogen and oxygen atoms in total. The van der Waals surface area contributed by atoms with E-state index in [-0.39, 0.29) is 87.5 Å². The van der Waals surface area contributed by atoms with Gasteiger partial charge in [-0.2, -0.15) is 0 Å². The average Bonchev–Trinajstić information content (AvgIpc) is 1.30. The molecule has 5 atom stereocenters. The van der Waals surface area contributed by atoms with Crippen LogP contribution in [0.5, 0.6) is 28.7 Å². The van der Waals surface area contributed by atoms with E-state index in [9.17, 15) is 53.4 Å². The van der Waals surface area contributed by atoms with E-state index in [1.54, 1.807) is 73.8 Å². The van der Waals surface area contributed by atoms with Gasteiger partial charge in [-0.15, -0.1) is 0 Å². The number of carbonyl (C=O) groups is 9. The summed E-state index contributed by atoms with van der Waals surface area (Å²) in [5, 5.41) is 24.1. The number of Topliss-reactive ketones (excluding diaryl/α,β-unsaturated/α-hetero) is 2. The van der Waals surface area contributed by atoms with Crippen LogP contribution in [0.2, 0.25) is 0 Å². The fraction of sp³-hybridized carbons (Fsp3) is 0.406. The van der Waals surface area contributed by atoms with Gasteiger partial charge in [-0.3, -0.25) is 33.6 Å². The van der Waals surface area contributed by atoms with Gasteiger partial charge in [-0.25, -0.2) is 9.59 Å². The molecular weight excluding hydrogens is 1150 g/mol. The van der Waals surface area contributed by atoms with Crippen molar-refractivity contribution in [3.05, 3.63) is 161 Å². The maximum atomic E-state index is 15.0. The molecule has 1 saturated heterocycles. The number of benzene rings is 5. The van der Waals surface area contributed by atoms with E-state index in [0.29, 0.717) is 35.3 Å². The van der Waals surface area contributed by atoms with Gasteiger partial charge in [-0.1, -0.05) is 91.0 Å². The number of likely N-dealkylation sites (N-methyl/N-ethyl adjacent to an activating group) is 3. The first-order valence-electron chi connectivity index (χ1n) is 30.0. The molecule has 3 N–H and O–H groups in total. The number of aromatic hydroxyl groups is 2. The Labute approximate surface area is 524 Å². The van der Waals surface area contributed by atoms with Crippen molar-refractivity contribution >= 4 is 53.0 Å². The first-order valence-corrected chi connectivity index (χ1v) is 30.0. The number of nitrogens with one attached hydrogen (secondary N) is 1. The molecule has 478 valence electrons. The molecule has 5 aromatic carbocycles. The lowest BCUT2D eigenvalue weighted by atomic mass is 9.87. The normalized spacial score (nSPS) is 21.1. The van der Waals surface area contributed by atoms with E-state index < -0.39 is 108 Å². The summed E-state index contributed by atoms with van der Waals surface area (Å²) < 4.78 is 28.8. The lowest BCUT2D eigenvalue weighted by Crippen LogP contribution is -2.53. The summed E-state index contributed by atoms with van der Waals surface area (Å²) in [7, 11) is 7.31. The second kappa shape index (κ2) is 32.1. The van der Waals surface area contributed by atoms with Gasteiger partial charge in [0.2, 0.25) is 23.5 Å². The highest BCUT2D eigenvalue weighted by atomic mass is 16.5. The number of phenolic OH excluding ortho intramolecular Hbond substituents is 2. The largest absolute Gasteiger partial charge is 0.508 e. The Bertz CT molecular complexity index is 3370. The van der Waals surface area contributed by atoms with Crippen LogP contribution in [0, 0.1) is 11.3 Å². The van der Waals surface area contributed by atoms with Crippen molar-refractivity contribution in [1.29, 1.82) is 0 Å². The number of aryl methyl sites for hydroxylation is 1. The molecule has 2 aliphatic heterocycles. The van der Waals surface area contributed by atoms with E-state index in [1.807, 2.05) is 36.4 Å². The predicted molar refractivity (Wildman–Crippen MR) is 332 cm³/mol. The average molecular weight is 1240 g/mol. The van der Waals surface area contributed by atoms with Crippen molar-refractivity contribution in [2.24, 2.45) is 11.3 Å². The van der Waals surface area contributed by atoms with Crippen LogP contribution in [0.1, 0.15) is 86.3 Å². The van der Waals surface area contributed by atoms with E-state index in [2.05, 4.69) is 5.32 Å². The Kier molecular flexibility index (Phi) is 24.2. The maximum absolute atomic E-state index is 15.0. The van der Waals surface area contributed by atoms with Gasteiger partial charge >= 0.3 is 11.9 Å². The minimum Gasteiger partial charge on any atom is -0.508 e. The number of cyclic esters (lactones) is 2. The SMILES string of the molecule is COc1cc(O)c(CC[C@H]2OC(=O)[C@@H]3CCCCN3C(=O)C(=O)C(C)(C)COC(=O)C=CCCN(C)C(=O)[C@@H](Cc3ccccc3)NC(=O)CN(C)C(=O)[C@@H](Cc3ccccc3)CC(=O)[C@H](Cc3ccc(O)cc3)N(C)C(=O)COc3cccc2c3)cc1OC. The maximum Gasteiger partial charge on any atom is 0.330 e. The molecule has 21 heteroatoms. The lowest BCUT2D eigenvalue weighted by molar-refractivity contribution is -0.165. The van der Waals surface area contributed by atoms with Gasteiger partial charge < -0.3 is 58.8 Å². The summed E-state index contributed by atoms with van der Waals surface area (Å²) in [6, 6.07) is 30.3. The van der Waals surface area contributed by atoms with Crippen LogP contribution in [0.4, 0.5) is 0 Å².